The van der Waals surface area contributed by atoms with Crippen LogP contribution in [0, 0.1) is 0 Å². The van der Waals surface area contributed by atoms with E-state index in [2.05, 4.69) is 0 Å². The van der Waals surface area contributed by atoms with E-state index in [0.29, 0.717) is 17.8 Å². The molecule has 0 bridgehead atoms. The number of halogens is 3. The Balaban J connectivity index is 2.56. The summed E-state index contributed by atoms with van der Waals surface area (Å²) in [7, 11) is 0. The summed E-state index contributed by atoms with van der Waals surface area (Å²) in [5, 5.41) is 0. The van der Waals surface area contributed by atoms with Gasteiger partial charge in [-0.15, -0.1) is 0 Å². The monoisotopic (exact) mass is 298 g/mol. The van der Waals surface area contributed by atoms with E-state index >= 15 is 0 Å². The standard InChI is InChI=1S/C14H13F3N2S/c1-9-4-2-3-7-19(9)12-8-10(14(15,16)17)5-6-11(12)13(18)20/h2-6,8H,7H2,1H3,(H2,18,20). The number of benzene rings is 1. The third-order valence-electron chi connectivity index (χ3n) is 3.07. The van der Waals surface area contributed by atoms with Crippen molar-refractivity contribution in [2.75, 3.05) is 11.4 Å². The van der Waals surface area contributed by atoms with E-state index in [-0.39, 0.29) is 4.99 Å². The van der Waals surface area contributed by atoms with Gasteiger partial charge in [0.2, 0.25) is 0 Å². The molecule has 2 N–H and O–H groups in total. The highest BCUT2D eigenvalue weighted by Gasteiger charge is 2.32. The first kappa shape index (κ1) is 14.6. The van der Waals surface area contributed by atoms with Gasteiger partial charge in [0.15, 0.2) is 0 Å². The summed E-state index contributed by atoms with van der Waals surface area (Å²) in [6.45, 7) is 2.31. The highest BCUT2D eigenvalue weighted by Crippen LogP contribution is 2.35. The van der Waals surface area contributed by atoms with Crippen LogP contribution in [0.2, 0.25) is 0 Å². The van der Waals surface area contributed by atoms with E-state index in [1.807, 2.05) is 25.2 Å². The minimum atomic E-state index is -4.40. The van der Waals surface area contributed by atoms with Crippen molar-refractivity contribution in [2.24, 2.45) is 5.73 Å². The van der Waals surface area contributed by atoms with Crippen LogP contribution in [0.1, 0.15) is 18.1 Å². The van der Waals surface area contributed by atoms with Crippen LogP contribution < -0.4 is 10.6 Å². The number of allylic oxidation sites excluding steroid dienone is 3. The average Bonchev–Trinajstić information content (AvgIpc) is 2.37. The number of anilines is 1. The van der Waals surface area contributed by atoms with Gasteiger partial charge in [-0.25, -0.2) is 0 Å². The van der Waals surface area contributed by atoms with E-state index < -0.39 is 11.7 Å². The van der Waals surface area contributed by atoms with Gasteiger partial charge in [0.25, 0.3) is 0 Å². The Hall–Kier alpha value is -1.82. The summed E-state index contributed by atoms with van der Waals surface area (Å²) in [5.41, 5.74) is 6.56. The van der Waals surface area contributed by atoms with Crippen LogP contribution in [-0.2, 0) is 6.18 Å². The van der Waals surface area contributed by atoms with Gasteiger partial charge in [-0.2, -0.15) is 13.2 Å². The lowest BCUT2D eigenvalue weighted by atomic mass is 10.1. The fraction of sp³-hybridized carbons (Fsp3) is 0.214. The van der Waals surface area contributed by atoms with Gasteiger partial charge in [-0.05, 0) is 31.2 Å². The molecule has 0 saturated heterocycles. The van der Waals surface area contributed by atoms with E-state index in [9.17, 15) is 13.2 Å². The molecule has 0 aromatic heterocycles. The van der Waals surface area contributed by atoms with E-state index in [1.165, 1.54) is 6.07 Å². The number of nitrogens with zero attached hydrogens (tertiary/aromatic N) is 1. The highest BCUT2D eigenvalue weighted by atomic mass is 32.1. The molecule has 0 aliphatic carbocycles. The summed E-state index contributed by atoms with van der Waals surface area (Å²) >= 11 is 4.93. The molecule has 0 atom stereocenters. The molecule has 0 radical (unpaired) electrons. The molecule has 2 nitrogen and oxygen atoms in total. The summed E-state index contributed by atoms with van der Waals surface area (Å²) < 4.78 is 38.6. The molecule has 1 aliphatic rings. The van der Waals surface area contributed by atoms with Crippen LogP contribution in [0.25, 0.3) is 0 Å². The number of thiocarbonyl (C=S) groups is 1. The van der Waals surface area contributed by atoms with Crippen molar-refractivity contribution in [1.82, 2.24) is 0 Å². The molecule has 0 amide bonds. The van der Waals surface area contributed by atoms with Gasteiger partial charge >= 0.3 is 6.18 Å². The first-order valence-electron chi connectivity index (χ1n) is 5.92. The molecule has 2 rings (SSSR count). The van der Waals surface area contributed by atoms with Crippen molar-refractivity contribution in [3.05, 3.63) is 53.3 Å². The number of alkyl halides is 3. The lowest BCUT2D eigenvalue weighted by Crippen LogP contribution is -2.26. The summed E-state index contributed by atoms with van der Waals surface area (Å²) in [5.74, 6) is 0. The second-order valence-electron chi connectivity index (χ2n) is 4.44. The highest BCUT2D eigenvalue weighted by molar-refractivity contribution is 7.80. The number of rotatable bonds is 2. The van der Waals surface area contributed by atoms with Gasteiger partial charge in [-0.1, -0.05) is 24.4 Å². The summed E-state index contributed by atoms with van der Waals surface area (Å²) in [6.07, 6.45) is 1.15. The molecular weight excluding hydrogens is 285 g/mol. The predicted molar refractivity (Wildman–Crippen MR) is 77.6 cm³/mol. The first-order chi connectivity index (χ1) is 9.30. The zero-order chi connectivity index (χ0) is 14.9. The second kappa shape index (κ2) is 5.28. The van der Waals surface area contributed by atoms with Crippen LogP contribution >= 0.6 is 12.2 Å². The van der Waals surface area contributed by atoms with Crippen LogP contribution in [0.4, 0.5) is 18.9 Å². The Bertz CT molecular complexity index is 603. The number of hydrogen-bond donors (Lipinski definition) is 1. The Labute approximate surface area is 120 Å². The van der Waals surface area contributed by atoms with Gasteiger partial charge in [0, 0.05) is 17.8 Å². The third-order valence-corrected chi connectivity index (χ3v) is 3.29. The molecule has 0 spiro atoms. The van der Waals surface area contributed by atoms with Gasteiger partial charge in [0.1, 0.15) is 4.99 Å². The molecule has 6 heteroatoms. The van der Waals surface area contributed by atoms with E-state index in [1.54, 1.807) is 4.90 Å². The molecule has 0 saturated carbocycles. The van der Waals surface area contributed by atoms with Crippen molar-refractivity contribution in [3.8, 4) is 0 Å². The van der Waals surface area contributed by atoms with Crippen LogP contribution in [-0.4, -0.2) is 11.5 Å². The largest absolute Gasteiger partial charge is 0.416 e. The molecule has 20 heavy (non-hydrogen) atoms. The molecular formula is C14H13F3N2S. The van der Waals surface area contributed by atoms with Gasteiger partial charge < -0.3 is 10.6 Å². The SMILES string of the molecule is CC1=CC=CCN1c1cc(C(F)(F)F)ccc1C(N)=S. The van der Waals surface area contributed by atoms with Crippen molar-refractivity contribution in [3.63, 3.8) is 0 Å². The fourth-order valence-corrected chi connectivity index (χ4v) is 2.21. The lowest BCUT2D eigenvalue weighted by molar-refractivity contribution is -0.137. The Morgan fingerprint density at radius 1 is 1.35 bits per heavy atom. The van der Waals surface area contributed by atoms with Crippen LogP contribution in [0.5, 0.6) is 0 Å². The van der Waals surface area contributed by atoms with Crippen molar-refractivity contribution in [2.45, 2.75) is 13.1 Å². The maximum absolute atomic E-state index is 12.9. The zero-order valence-corrected chi connectivity index (χ0v) is 11.6. The Morgan fingerprint density at radius 3 is 2.60 bits per heavy atom. The van der Waals surface area contributed by atoms with Gasteiger partial charge in [-0.3, -0.25) is 0 Å². The first-order valence-corrected chi connectivity index (χ1v) is 6.33. The molecule has 1 aromatic carbocycles. The fourth-order valence-electron chi connectivity index (χ4n) is 2.04. The summed E-state index contributed by atoms with van der Waals surface area (Å²) in [6, 6.07) is 3.41. The second-order valence-corrected chi connectivity index (χ2v) is 4.88. The molecule has 1 aromatic rings. The number of hydrogen-bond acceptors (Lipinski definition) is 2. The quantitative estimate of drug-likeness (QED) is 0.846. The lowest BCUT2D eigenvalue weighted by Gasteiger charge is -2.29. The minimum Gasteiger partial charge on any atom is -0.389 e. The number of nitrogens with two attached hydrogens (primary N) is 1. The van der Waals surface area contributed by atoms with Crippen molar-refractivity contribution in [1.29, 1.82) is 0 Å². The smallest absolute Gasteiger partial charge is 0.389 e. The predicted octanol–water partition coefficient (Wildman–Crippen LogP) is 3.62. The van der Waals surface area contributed by atoms with E-state index in [4.69, 9.17) is 18.0 Å². The Kier molecular flexibility index (Phi) is 3.85. The minimum absolute atomic E-state index is 0.0797. The molecule has 0 fully saturated rings. The average molecular weight is 298 g/mol. The van der Waals surface area contributed by atoms with Crippen LogP contribution in [0.15, 0.2) is 42.1 Å². The normalized spacial score (nSPS) is 15.2. The topological polar surface area (TPSA) is 29.3 Å². The van der Waals surface area contributed by atoms with E-state index in [0.717, 1.165) is 17.8 Å². The van der Waals surface area contributed by atoms with Gasteiger partial charge in [0.05, 0.1) is 11.3 Å². The molecule has 1 heterocycles. The molecule has 106 valence electrons. The maximum atomic E-state index is 12.9. The summed E-state index contributed by atoms with van der Waals surface area (Å²) in [4.78, 5) is 1.83. The van der Waals surface area contributed by atoms with Crippen LogP contribution in [0.3, 0.4) is 0 Å². The zero-order valence-electron chi connectivity index (χ0n) is 10.7. The Morgan fingerprint density at radius 2 is 2.05 bits per heavy atom. The molecule has 0 unspecified atom stereocenters. The third kappa shape index (κ3) is 2.85. The maximum Gasteiger partial charge on any atom is 0.416 e. The van der Waals surface area contributed by atoms with Crippen molar-refractivity contribution >= 4 is 22.9 Å². The van der Waals surface area contributed by atoms with Crippen molar-refractivity contribution < 1.29 is 13.2 Å². The molecule has 1 aliphatic heterocycles.